The third kappa shape index (κ3) is 3.44. The molecule has 0 saturated carbocycles. The first-order chi connectivity index (χ1) is 8.75. The number of amides is 3. The summed E-state index contributed by atoms with van der Waals surface area (Å²) in [5.41, 5.74) is 0.650. The second-order valence-electron chi connectivity index (χ2n) is 4.17. The fourth-order valence-corrected chi connectivity index (χ4v) is 1.84. The van der Waals surface area contributed by atoms with Crippen molar-refractivity contribution in [2.45, 2.75) is 25.3 Å². The topological polar surface area (TPSA) is 83.1 Å². The Morgan fingerprint density at radius 1 is 1.33 bits per heavy atom. The van der Waals surface area contributed by atoms with Crippen molar-refractivity contribution in [2.75, 3.05) is 11.9 Å². The van der Waals surface area contributed by atoms with Crippen molar-refractivity contribution in [1.82, 2.24) is 15.6 Å². The number of aromatic nitrogens is 1. The second-order valence-corrected chi connectivity index (χ2v) is 4.17. The summed E-state index contributed by atoms with van der Waals surface area (Å²) in [4.78, 5) is 27.2. The number of carbonyl (C=O) groups is 2. The van der Waals surface area contributed by atoms with Gasteiger partial charge in [-0.05, 0) is 31.4 Å². The lowest BCUT2D eigenvalue weighted by atomic mass is 10.1. The summed E-state index contributed by atoms with van der Waals surface area (Å²) in [6.45, 7) is 0.684. The van der Waals surface area contributed by atoms with E-state index in [1.807, 2.05) is 0 Å². The van der Waals surface area contributed by atoms with Gasteiger partial charge in [0.25, 0.3) is 0 Å². The van der Waals surface area contributed by atoms with Crippen LogP contribution in [-0.4, -0.2) is 29.5 Å². The molecule has 1 atom stereocenters. The number of urea groups is 1. The molecule has 1 aromatic rings. The number of hydrogen-bond donors (Lipinski definition) is 3. The van der Waals surface area contributed by atoms with Crippen LogP contribution in [0.4, 0.5) is 10.5 Å². The highest BCUT2D eigenvalue weighted by atomic mass is 16.2. The van der Waals surface area contributed by atoms with Crippen molar-refractivity contribution < 1.29 is 9.59 Å². The van der Waals surface area contributed by atoms with Crippen LogP contribution in [0.15, 0.2) is 24.5 Å². The fraction of sp³-hybridized carbons (Fsp3) is 0.417. The molecule has 0 aromatic carbocycles. The van der Waals surface area contributed by atoms with Gasteiger partial charge in [-0.15, -0.1) is 0 Å². The van der Waals surface area contributed by atoms with E-state index in [-0.39, 0.29) is 11.9 Å². The van der Waals surface area contributed by atoms with E-state index in [0.717, 1.165) is 12.8 Å². The average molecular weight is 248 g/mol. The van der Waals surface area contributed by atoms with E-state index in [1.54, 1.807) is 24.5 Å². The Balaban J connectivity index is 1.88. The molecule has 2 heterocycles. The van der Waals surface area contributed by atoms with E-state index < -0.39 is 6.04 Å². The molecular formula is C12H16N4O2. The molecule has 96 valence electrons. The Morgan fingerprint density at radius 2 is 2.11 bits per heavy atom. The number of rotatable bonds is 2. The molecular weight excluding hydrogens is 232 g/mol. The summed E-state index contributed by atoms with van der Waals surface area (Å²) >= 11 is 0. The van der Waals surface area contributed by atoms with E-state index in [4.69, 9.17) is 0 Å². The summed E-state index contributed by atoms with van der Waals surface area (Å²) in [6, 6.07) is 2.55. The minimum atomic E-state index is -0.450. The molecule has 0 unspecified atom stereocenters. The normalized spacial score (nSPS) is 19.6. The molecule has 0 spiro atoms. The van der Waals surface area contributed by atoms with Crippen molar-refractivity contribution in [1.29, 1.82) is 0 Å². The van der Waals surface area contributed by atoms with E-state index in [9.17, 15) is 9.59 Å². The predicted octanol–water partition coefficient (Wildman–Crippen LogP) is 0.872. The summed E-state index contributed by atoms with van der Waals surface area (Å²) in [7, 11) is 0. The van der Waals surface area contributed by atoms with Gasteiger partial charge in [0.05, 0.1) is 0 Å². The van der Waals surface area contributed by atoms with Gasteiger partial charge in [0.2, 0.25) is 5.91 Å². The molecule has 0 aliphatic carbocycles. The highest BCUT2D eigenvalue weighted by Crippen LogP contribution is 2.07. The smallest absolute Gasteiger partial charge is 0.319 e. The number of carbonyl (C=O) groups excluding carboxylic acids is 2. The number of pyridine rings is 1. The third-order valence-corrected chi connectivity index (χ3v) is 2.78. The molecule has 1 aliphatic heterocycles. The van der Waals surface area contributed by atoms with Gasteiger partial charge in [-0.1, -0.05) is 0 Å². The minimum Gasteiger partial charge on any atom is -0.354 e. The highest BCUT2D eigenvalue weighted by Gasteiger charge is 2.22. The van der Waals surface area contributed by atoms with Gasteiger partial charge >= 0.3 is 6.03 Å². The Hall–Kier alpha value is -2.11. The van der Waals surface area contributed by atoms with Gasteiger partial charge in [0.1, 0.15) is 6.04 Å². The minimum absolute atomic E-state index is 0.114. The first-order valence-electron chi connectivity index (χ1n) is 6.01. The molecule has 0 radical (unpaired) electrons. The molecule has 3 amide bonds. The van der Waals surface area contributed by atoms with Crippen LogP contribution in [0.2, 0.25) is 0 Å². The first kappa shape index (κ1) is 12.3. The van der Waals surface area contributed by atoms with Gasteiger partial charge in [-0.25, -0.2) is 4.79 Å². The maximum atomic E-state index is 11.7. The zero-order chi connectivity index (χ0) is 12.8. The number of anilines is 1. The molecule has 6 nitrogen and oxygen atoms in total. The van der Waals surface area contributed by atoms with Crippen LogP contribution in [0.5, 0.6) is 0 Å². The van der Waals surface area contributed by atoms with Crippen LogP contribution in [-0.2, 0) is 4.79 Å². The third-order valence-electron chi connectivity index (χ3n) is 2.78. The van der Waals surface area contributed by atoms with E-state index >= 15 is 0 Å². The lowest BCUT2D eigenvalue weighted by Crippen LogP contribution is -2.46. The Labute approximate surface area is 105 Å². The summed E-state index contributed by atoms with van der Waals surface area (Å²) in [5, 5.41) is 8.11. The second kappa shape index (κ2) is 6.00. The molecule has 3 N–H and O–H groups in total. The van der Waals surface area contributed by atoms with Crippen LogP contribution < -0.4 is 16.0 Å². The summed E-state index contributed by atoms with van der Waals surface area (Å²) in [6.07, 6.45) is 5.74. The van der Waals surface area contributed by atoms with Gasteiger partial charge in [0.15, 0.2) is 0 Å². The van der Waals surface area contributed by atoms with Crippen LogP contribution in [0.3, 0.4) is 0 Å². The lowest BCUT2D eigenvalue weighted by Gasteiger charge is -2.15. The molecule has 0 bridgehead atoms. The molecule has 18 heavy (non-hydrogen) atoms. The Kier molecular flexibility index (Phi) is 4.11. The molecule has 6 heteroatoms. The lowest BCUT2D eigenvalue weighted by molar-refractivity contribution is -0.122. The first-order valence-corrected chi connectivity index (χ1v) is 6.01. The van der Waals surface area contributed by atoms with Crippen molar-refractivity contribution in [3.63, 3.8) is 0 Å². The Morgan fingerprint density at radius 3 is 2.89 bits per heavy atom. The van der Waals surface area contributed by atoms with E-state index in [1.165, 1.54) is 0 Å². The molecule has 1 fully saturated rings. The van der Waals surface area contributed by atoms with Gasteiger partial charge in [0, 0.05) is 24.6 Å². The van der Waals surface area contributed by atoms with Crippen LogP contribution in [0.25, 0.3) is 0 Å². The number of nitrogens with zero attached hydrogens (tertiary/aromatic N) is 1. The van der Waals surface area contributed by atoms with E-state index in [0.29, 0.717) is 18.7 Å². The summed E-state index contributed by atoms with van der Waals surface area (Å²) in [5.74, 6) is -0.114. The van der Waals surface area contributed by atoms with Gasteiger partial charge in [-0.3, -0.25) is 9.78 Å². The van der Waals surface area contributed by atoms with Crippen LogP contribution >= 0.6 is 0 Å². The maximum Gasteiger partial charge on any atom is 0.319 e. The quantitative estimate of drug-likeness (QED) is 0.726. The maximum absolute atomic E-state index is 11.7. The highest BCUT2D eigenvalue weighted by molar-refractivity contribution is 5.93. The monoisotopic (exact) mass is 248 g/mol. The Bertz CT molecular complexity index is 421. The number of nitrogens with one attached hydrogen (secondary N) is 3. The largest absolute Gasteiger partial charge is 0.354 e. The van der Waals surface area contributed by atoms with E-state index in [2.05, 4.69) is 20.9 Å². The standard InChI is InChI=1S/C12H16N4O2/c17-11-10(3-1-2-6-14-11)16-12(18)15-9-4-7-13-8-5-9/h4-5,7-8,10H,1-3,6H2,(H,14,17)(H2,13,15,16,18)/t10-/m0/s1. The summed E-state index contributed by atoms with van der Waals surface area (Å²) < 4.78 is 0. The average Bonchev–Trinajstić information content (AvgIpc) is 2.56. The zero-order valence-electron chi connectivity index (χ0n) is 9.98. The fourth-order valence-electron chi connectivity index (χ4n) is 1.84. The predicted molar refractivity (Wildman–Crippen MR) is 67.0 cm³/mol. The van der Waals surface area contributed by atoms with Crippen LogP contribution in [0, 0.1) is 0 Å². The van der Waals surface area contributed by atoms with Crippen molar-refractivity contribution >= 4 is 17.6 Å². The van der Waals surface area contributed by atoms with Crippen molar-refractivity contribution in [2.24, 2.45) is 0 Å². The van der Waals surface area contributed by atoms with Gasteiger partial charge in [-0.2, -0.15) is 0 Å². The van der Waals surface area contributed by atoms with Crippen molar-refractivity contribution in [3.8, 4) is 0 Å². The molecule has 1 aliphatic rings. The van der Waals surface area contributed by atoms with Gasteiger partial charge < -0.3 is 16.0 Å². The number of hydrogen-bond acceptors (Lipinski definition) is 3. The van der Waals surface area contributed by atoms with Crippen LogP contribution in [0.1, 0.15) is 19.3 Å². The SMILES string of the molecule is O=C(Nc1ccncc1)N[C@H]1CCCCNC1=O. The molecule has 1 aromatic heterocycles. The molecule has 1 saturated heterocycles. The van der Waals surface area contributed by atoms with Crippen molar-refractivity contribution in [3.05, 3.63) is 24.5 Å². The zero-order valence-corrected chi connectivity index (χ0v) is 9.98. The molecule has 2 rings (SSSR count).